The molecule has 2 aromatic heterocycles. The Balaban J connectivity index is 1.37. The van der Waals surface area contributed by atoms with E-state index in [9.17, 15) is 9.59 Å². The second-order valence-electron chi connectivity index (χ2n) is 5.77. The number of urea groups is 1. The van der Waals surface area contributed by atoms with Crippen LogP contribution < -0.4 is 10.6 Å². The first kappa shape index (κ1) is 18.4. The van der Waals surface area contributed by atoms with Crippen LogP contribution in [0, 0.1) is 0 Å². The van der Waals surface area contributed by atoms with Gasteiger partial charge < -0.3 is 10.6 Å². The minimum atomic E-state index is -0.183. The Hall–Kier alpha value is -2.44. The van der Waals surface area contributed by atoms with E-state index in [1.54, 1.807) is 0 Å². The van der Waals surface area contributed by atoms with Crippen LogP contribution in [0.2, 0.25) is 0 Å². The molecule has 1 aromatic carbocycles. The molecule has 3 aromatic rings. The highest BCUT2D eigenvalue weighted by Gasteiger charge is 2.13. The average molecular weight is 385 g/mol. The fourth-order valence-electron chi connectivity index (χ4n) is 2.49. The normalized spacial score (nSPS) is 10.5. The van der Waals surface area contributed by atoms with E-state index in [0.29, 0.717) is 18.0 Å². The Bertz CT molecular complexity index is 842. The van der Waals surface area contributed by atoms with E-state index in [4.69, 9.17) is 0 Å². The first-order chi connectivity index (χ1) is 12.7. The summed E-state index contributed by atoms with van der Waals surface area (Å²) in [7, 11) is 0. The summed E-state index contributed by atoms with van der Waals surface area (Å²) in [5.74, 6) is 0.0432. The van der Waals surface area contributed by atoms with Crippen LogP contribution in [0.25, 0.3) is 0 Å². The summed E-state index contributed by atoms with van der Waals surface area (Å²) in [6, 6.07) is 17.4. The third kappa shape index (κ3) is 5.28. The monoisotopic (exact) mass is 384 g/mol. The highest BCUT2D eigenvalue weighted by Crippen LogP contribution is 2.22. The van der Waals surface area contributed by atoms with Gasteiger partial charge in [0.25, 0.3) is 0 Å². The van der Waals surface area contributed by atoms with Crippen LogP contribution in [0.5, 0.6) is 0 Å². The molecule has 0 unspecified atom stereocenters. The van der Waals surface area contributed by atoms with Crippen molar-refractivity contribution in [2.45, 2.75) is 19.4 Å². The second kappa shape index (κ2) is 9.31. The maximum atomic E-state index is 12.3. The highest BCUT2D eigenvalue weighted by molar-refractivity contribution is 7.16. The van der Waals surface area contributed by atoms with Crippen molar-refractivity contribution >= 4 is 34.5 Å². The van der Waals surface area contributed by atoms with Gasteiger partial charge >= 0.3 is 6.03 Å². The van der Waals surface area contributed by atoms with E-state index >= 15 is 0 Å². The molecule has 2 heterocycles. The predicted molar refractivity (Wildman–Crippen MR) is 107 cm³/mol. The summed E-state index contributed by atoms with van der Waals surface area (Å²) in [5, 5.41) is 7.60. The fourth-order valence-corrected chi connectivity index (χ4v) is 4.14. The number of benzene rings is 1. The largest absolute Gasteiger partial charge is 0.338 e. The summed E-state index contributed by atoms with van der Waals surface area (Å²) < 4.78 is 0. The molecule has 0 atom stereocenters. The van der Waals surface area contributed by atoms with Gasteiger partial charge in [0.15, 0.2) is 0 Å². The topological polar surface area (TPSA) is 58.2 Å². The van der Waals surface area contributed by atoms with E-state index in [-0.39, 0.29) is 11.8 Å². The Morgan fingerprint density at radius 1 is 0.885 bits per heavy atom. The summed E-state index contributed by atoms with van der Waals surface area (Å²) in [5.41, 5.74) is 1.27. The molecule has 0 spiro atoms. The van der Waals surface area contributed by atoms with Crippen LogP contribution >= 0.6 is 22.7 Å². The van der Waals surface area contributed by atoms with E-state index in [0.717, 1.165) is 22.6 Å². The number of nitrogens with one attached hydrogen (secondary N) is 2. The number of thiophene rings is 2. The van der Waals surface area contributed by atoms with Crippen molar-refractivity contribution < 1.29 is 9.59 Å². The van der Waals surface area contributed by atoms with Crippen LogP contribution in [0.15, 0.2) is 60.0 Å². The lowest BCUT2D eigenvalue weighted by atomic mass is 10.1. The van der Waals surface area contributed by atoms with Crippen LogP contribution in [0.3, 0.4) is 0 Å². The standard InChI is InChI=1S/C20H20N2O2S2/c23-19(17-9-5-13-25-17)18-11-10-16(26-18)14-22-20(24)21-12-4-8-15-6-2-1-3-7-15/h1-3,5-7,9-11,13H,4,8,12,14H2,(H2,21,22,24). The third-order valence-electron chi connectivity index (χ3n) is 3.82. The summed E-state index contributed by atoms with van der Waals surface area (Å²) in [4.78, 5) is 26.5. The maximum absolute atomic E-state index is 12.3. The molecule has 0 radical (unpaired) electrons. The maximum Gasteiger partial charge on any atom is 0.315 e. The number of hydrogen-bond acceptors (Lipinski definition) is 4. The Morgan fingerprint density at radius 3 is 2.50 bits per heavy atom. The van der Waals surface area contributed by atoms with E-state index < -0.39 is 0 Å². The van der Waals surface area contributed by atoms with Gasteiger partial charge in [-0.2, -0.15) is 0 Å². The zero-order chi connectivity index (χ0) is 18.2. The molecule has 2 N–H and O–H groups in total. The van der Waals surface area contributed by atoms with Gasteiger partial charge in [-0.25, -0.2) is 4.79 Å². The molecular formula is C20H20N2O2S2. The predicted octanol–water partition coefficient (Wildman–Crippen LogP) is 4.47. The van der Waals surface area contributed by atoms with Gasteiger partial charge in [0.2, 0.25) is 5.78 Å². The lowest BCUT2D eigenvalue weighted by Crippen LogP contribution is -2.35. The van der Waals surface area contributed by atoms with Crippen molar-refractivity contribution in [3.63, 3.8) is 0 Å². The lowest BCUT2D eigenvalue weighted by Gasteiger charge is -2.06. The molecule has 0 aliphatic rings. The first-order valence-electron chi connectivity index (χ1n) is 8.45. The van der Waals surface area contributed by atoms with Crippen molar-refractivity contribution in [2.24, 2.45) is 0 Å². The van der Waals surface area contributed by atoms with Crippen molar-refractivity contribution in [1.82, 2.24) is 10.6 Å². The number of aryl methyl sites for hydroxylation is 1. The number of amides is 2. The number of carbonyl (C=O) groups excluding carboxylic acids is 2. The molecule has 134 valence electrons. The average Bonchev–Trinajstić information content (AvgIpc) is 3.36. The van der Waals surface area contributed by atoms with Gasteiger partial charge in [0.1, 0.15) is 0 Å². The van der Waals surface area contributed by atoms with Gasteiger partial charge in [-0.15, -0.1) is 22.7 Å². The van der Waals surface area contributed by atoms with E-state index in [1.807, 2.05) is 47.8 Å². The molecule has 0 aliphatic heterocycles. The molecular weight excluding hydrogens is 364 g/mol. The van der Waals surface area contributed by atoms with Crippen LogP contribution in [0.1, 0.15) is 31.4 Å². The first-order valence-corrected chi connectivity index (χ1v) is 10.1. The van der Waals surface area contributed by atoms with Crippen molar-refractivity contribution in [3.8, 4) is 0 Å². The summed E-state index contributed by atoms with van der Waals surface area (Å²) in [6.07, 6.45) is 1.84. The van der Waals surface area contributed by atoms with Crippen molar-refractivity contribution in [2.75, 3.05) is 6.54 Å². The number of rotatable bonds is 8. The van der Waals surface area contributed by atoms with Gasteiger partial charge in [0, 0.05) is 11.4 Å². The number of hydrogen-bond donors (Lipinski definition) is 2. The zero-order valence-electron chi connectivity index (χ0n) is 14.2. The molecule has 4 nitrogen and oxygen atoms in total. The molecule has 6 heteroatoms. The molecule has 0 bridgehead atoms. The van der Waals surface area contributed by atoms with E-state index in [1.165, 1.54) is 28.2 Å². The Kier molecular flexibility index (Phi) is 6.57. The number of carbonyl (C=O) groups is 2. The van der Waals surface area contributed by atoms with Gasteiger partial charge in [-0.1, -0.05) is 36.4 Å². The lowest BCUT2D eigenvalue weighted by molar-refractivity contribution is 0.104. The Morgan fingerprint density at radius 2 is 1.73 bits per heavy atom. The van der Waals surface area contributed by atoms with Crippen LogP contribution in [-0.2, 0) is 13.0 Å². The third-order valence-corrected chi connectivity index (χ3v) is 5.78. The van der Waals surface area contributed by atoms with Gasteiger partial charge in [0.05, 0.1) is 16.3 Å². The highest BCUT2D eigenvalue weighted by atomic mass is 32.1. The second-order valence-corrected chi connectivity index (χ2v) is 7.89. The van der Waals surface area contributed by atoms with E-state index in [2.05, 4.69) is 22.8 Å². The molecule has 0 aliphatic carbocycles. The molecule has 0 saturated heterocycles. The summed E-state index contributed by atoms with van der Waals surface area (Å²) >= 11 is 2.86. The minimum Gasteiger partial charge on any atom is -0.338 e. The zero-order valence-corrected chi connectivity index (χ0v) is 15.9. The Labute approximate surface area is 160 Å². The molecule has 0 saturated carbocycles. The quantitative estimate of drug-likeness (QED) is 0.445. The molecule has 26 heavy (non-hydrogen) atoms. The fraction of sp³-hybridized carbons (Fsp3) is 0.200. The minimum absolute atomic E-state index is 0.0432. The smallest absolute Gasteiger partial charge is 0.315 e. The van der Waals surface area contributed by atoms with Gasteiger partial charge in [-0.05, 0) is 42.0 Å². The number of ketones is 1. The van der Waals surface area contributed by atoms with Crippen LogP contribution in [0.4, 0.5) is 4.79 Å². The van der Waals surface area contributed by atoms with Gasteiger partial charge in [-0.3, -0.25) is 4.79 Å². The molecule has 0 fully saturated rings. The molecule has 2 amide bonds. The SMILES string of the molecule is O=C(NCCCc1ccccc1)NCc1ccc(C(=O)c2cccs2)s1. The van der Waals surface area contributed by atoms with Crippen molar-refractivity contribution in [3.05, 3.63) is 80.2 Å². The van der Waals surface area contributed by atoms with Crippen LogP contribution in [-0.4, -0.2) is 18.4 Å². The van der Waals surface area contributed by atoms with Crippen molar-refractivity contribution in [1.29, 1.82) is 0 Å². The molecule has 3 rings (SSSR count). The summed E-state index contributed by atoms with van der Waals surface area (Å²) in [6.45, 7) is 1.06.